The van der Waals surface area contributed by atoms with E-state index in [1.165, 1.54) is 10.4 Å². The van der Waals surface area contributed by atoms with Crippen molar-refractivity contribution < 1.29 is 9.90 Å². The zero-order valence-electron chi connectivity index (χ0n) is 10.3. The Balaban J connectivity index is 2.21. The van der Waals surface area contributed by atoms with Gasteiger partial charge < -0.3 is 5.11 Å². The van der Waals surface area contributed by atoms with Crippen LogP contribution in [0.3, 0.4) is 0 Å². The van der Waals surface area contributed by atoms with Gasteiger partial charge in [0.25, 0.3) is 0 Å². The molecule has 1 atom stereocenters. The Kier molecular flexibility index (Phi) is 4.15. The van der Waals surface area contributed by atoms with Gasteiger partial charge >= 0.3 is 5.97 Å². The minimum atomic E-state index is -0.738. The first-order valence-corrected chi connectivity index (χ1v) is 6.84. The Labute approximate surface area is 111 Å². The summed E-state index contributed by atoms with van der Waals surface area (Å²) in [5, 5.41) is 11.1. The van der Waals surface area contributed by atoms with Gasteiger partial charge in [-0.3, -0.25) is 4.79 Å². The van der Waals surface area contributed by atoms with Gasteiger partial charge in [0.2, 0.25) is 0 Å². The summed E-state index contributed by atoms with van der Waals surface area (Å²) in [7, 11) is 0. The summed E-state index contributed by atoms with van der Waals surface area (Å²) in [6.07, 6.45) is 0.981. The molecule has 94 valence electrons. The highest BCUT2D eigenvalue weighted by Gasteiger charge is 2.16. The maximum atomic E-state index is 11.0. The number of aliphatic carboxylic acids is 1. The predicted octanol–water partition coefficient (Wildman–Crippen LogP) is 3.86. The van der Waals surface area contributed by atoms with Crippen LogP contribution in [0.5, 0.6) is 0 Å². The Hall–Kier alpha value is -1.61. The molecule has 1 unspecified atom stereocenters. The van der Waals surface area contributed by atoms with E-state index in [4.69, 9.17) is 5.11 Å². The van der Waals surface area contributed by atoms with Gasteiger partial charge in [-0.05, 0) is 36.3 Å². The second-order valence-corrected chi connectivity index (χ2v) is 5.52. The zero-order chi connectivity index (χ0) is 13.0. The molecule has 0 aliphatic carbocycles. The van der Waals surface area contributed by atoms with E-state index in [-0.39, 0.29) is 12.3 Å². The van der Waals surface area contributed by atoms with E-state index in [0.717, 1.165) is 12.0 Å². The summed E-state index contributed by atoms with van der Waals surface area (Å²) in [6.45, 7) is 2.03. The molecule has 0 saturated heterocycles. The molecule has 3 heteroatoms. The summed E-state index contributed by atoms with van der Waals surface area (Å²) in [5.41, 5.74) is 2.29. The summed E-state index contributed by atoms with van der Waals surface area (Å²) in [6, 6.07) is 12.2. The molecule has 0 bridgehead atoms. The van der Waals surface area contributed by atoms with Crippen LogP contribution in [0.15, 0.2) is 41.8 Å². The van der Waals surface area contributed by atoms with Crippen LogP contribution < -0.4 is 0 Å². The lowest BCUT2D eigenvalue weighted by Gasteiger charge is -2.15. The summed E-state index contributed by atoms with van der Waals surface area (Å²) < 4.78 is 0. The van der Waals surface area contributed by atoms with Crippen molar-refractivity contribution in [2.75, 3.05) is 0 Å². The molecule has 0 radical (unpaired) electrons. The highest BCUT2D eigenvalue weighted by Crippen LogP contribution is 2.27. The Morgan fingerprint density at radius 2 is 2.17 bits per heavy atom. The maximum Gasteiger partial charge on any atom is 0.303 e. The van der Waals surface area contributed by atoms with Crippen molar-refractivity contribution >= 4 is 17.3 Å². The van der Waals surface area contributed by atoms with Crippen molar-refractivity contribution in [1.82, 2.24) is 0 Å². The summed E-state index contributed by atoms with van der Waals surface area (Å²) >= 11 is 1.68. The number of carboxylic acid groups (broad SMARTS) is 1. The van der Waals surface area contributed by atoms with Crippen molar-refractivity contribution in [1.29, 1.82) is 0 Å². The lowest BCUT2D eigenvalue weighted by Crippen LogP contribution is -2.08. The number of carboxylic acids is 1. The van der Waals surface area contributed by atoms with Crippen LogP contribution in [-0.4, -0.2) is 11.1 Å². The van der Waals surface area contributed by atoms with Gasteiger partial charge in [-0.2, -0.15) is 0 Å². The molecule has 0 aliphatic heterocycles. The van der Waals surface area contributed by atoms with Crippen LogP contribution >= 0.6 is 11.3 Å². The Morgan fingerprint density at radius 3 is 2.78 bits per heavy atom. The lowest BCUT2D eigenvalue weighted by atomic mass is 9.91. The van der Waals surface area contributed by atoms with E-state index in [9.17, 15) is 4.79 Å². The van der Waals surface area contributed by atoms with Crippen molar-refractivity contribution in [3.05, 3.63) is 57.8 Å². The number of hydrogen-bond acceptors (Lipinski definition) is 2. The smallest absolute Gasteiger partial charge is 0.303 e. The molecule has 0 amide bonds. The van der Waals surface area contributed by atoms with E-state index < -0.39 is 5.97 Å². The fourth-order valence-electron chi connectivity index (χ4n) is 2.11. The van der Waals surface area contributed by atoms with Crippen molar-refractivity contribution in [2.24, 2.45) is 0 Å². The van der Waals surface area contributed by atoms with E-state index in [0.29, 0.717) is 0 Å². The molecule has 1 aromatic heterocycles. The minimum absolute atomic E-state index is 0.0565. The highest BCUT2D eigenvalue weighted by molar-refractivity contribution is 7.09. The second-order valence-electron chi connectivity index (χ2n) is 4.49. The molecule has 0 spiro atoms. The van der Waals surface area contributed by atoms with Crippen LogP contribution in [-0.2, 0) is 11.2 Å². The van der Waals surface area contributed by atoms with Crippen LogP contribution in [0.2, 0.25) is 0 Å². The van der Waals surface area contributed by atoms with E-state index in [1.807, 2.05) is 36.6 Å². The normalized spacial score (nSPS) is 12.3. The van der Waals surface area contributed by atoms with Crippen LogP contribution in [0.25, 0.3) is 0 Å². The highest BCUT2D eigenvalue weighted by atomic mass is 32.1. The molecule has 1 heterocycles. The predicted molar refractivity (Wildman–Crippen MR) is 74.2 cm³/mol. The monoisotopic (exact) mass is 260 g/mol. The third-order valence-corrected chi connectivity index (χ3v) is 3.86. The van der Waals surface area contributed by atoms with Crippen molar-refractivity contribution in [3.63, 3.8) is 0 Å². The van der Waals surface area contributed by atoms with Gasteiger partial charge in [0, 0.05) is 4.88 Å². The molecule has 1 N–H and O–H groups in total. The molecule has 2 rings (SSSR count). The molecular formula is C15H16O2S. The maximum absolute atomic E-state index is 11.0. The molecule has 18 heavy (non-hydrogen) atoms. The summed E-state index contributed by atoms with van der Waals surface area (Å²) in [4.78, 5) is 12.2. The van der Waals surface area contributed by atoms with Crippen molar-refractivity contribution in [2.45, 2.75) is 25.7 Å². The van der Waals surface area contributed by atoms with E-state index in [1.54, 1.807) is 11.3 Å². The molecule has 2 nitrogen and oxygen atoms in total. The first kappa shape index (κ1) is 12.8. The Bertz CT molecular complexity index is 517. The molecular weight excluding hydrogens is 244 g/mol. The largest absolute Gasteiger partial charge is 0.481 e. The minimum Gasteiger partial charge on any atom is -0.481 e. The van der Waals surface area contributed by atoms with Crippen LogP contribution in [0, 0.1) is 6.92 Å². The topological polar surface area (TPSA) is 37.3 Å². The number of rotatable bonds is 5. The van der Waals surface area contributed by atoms with Gasteiger partial charge in [-0.15, -0.1) is 11.3 Å². The quantitative estimate of drug-likeness (QED) is 0.886. The van der Waals surface area contributed by atoms with Gasteiger partial charge in [-0.1, -0.05) is 35.9 Å². The molecule has 1 aromatic carbocycles. The fraction of sp³-hybridized carbons (Fsp3) is 0.267. The first-order chi connectivity index (χ1) is 8.65. The zero-order valence-corrected chi connectivity index (χ0v) is 11.1. The van der Waals surface area contributed by atoms with E-state index in [2.05, 4.69) is 12.1 Å². The third-order valence-electron chi connectivity index (χ3n) is 2.96. The van der Waals surface area contributed by atoms with Gasteiger partial charge in [-0.25, -0.2) is 0 Å². The first-order valence-electron chi connectivity index (χ1n) is 5.96. The molecule has 0 fully saturated rings. The number of benzene rings is 1. The van der Waals surface area contributed by atoms with Crippen molar-refractivity contribution in [3.8, 4) is 0 Å². The Morgan fingerprint density at radius 1 is 1.33 bits per heavy atom. The lowest BCUT2D eigenvalue weighted by molar-refractivity contribution is -0.137. The van der Waals surface area contributed by atoms with Gasteiger partial charge in [0.15, 0.2) is 0 Å². The third kappa shape index (κ3) is 3.44. The summed E-state index contributed by atoms with van der Waals surface area (Å²) in [5.74, 6) is -0.681. The molecule has 0 aliphatic rings. The number of carbonyl (C=O) groups is 1. The van der Waals surface area contributed by atoms with Crippen LogP contribution in [0.4, 0.5) is 0 Å². The average molecular weight is 260 g/mol. The number of hydrogen-bond donors (Lipinski definition) is 1. The average Bonchev–Trinajstić information content (AvgIpc) is 2.80. The molecule has 0 saturated carbocycles. The number of aryl methyl sites for hydroxylation is 1. The van der Waals surface area contributed by atoms with E-state index >= 15 is 0 Å². The van der Waals surface area contributed by atoms with Gasteiger partial charge in [0.05, 0.1) is 6.42 Å². The second kappa shape index (κ2) is 5.83. The standard InChI is InChI=1S/C15H16O2S/c1-11-4-2-5-12(8-11)13(10-15(16)17)9-14-6-3-7-18-14/h2-8,13H,9-10H2,1H3,(H,16,17). The fourth-order valence-corrected chi connectivity index (χ4v) is 2.90. The number of thiophene rings is 1. The van der Waals surface area contributed by atoms with Gasteiger partial charge in [0.1, 0.15) is 0 Å². The molecule has 2 aromatic rings. The van der Waals surface area contributed by atoms with Crippen LogP contribution in [0.1, 0.15) is 28.3 Å². The SMILES string of the molecule is Cc1cccc(C(CC(=O)O)Cc2cccs2)c1.